The molecule has 1 amide bonds. The van der Waals surface area contributed by atoms with E-state index in [1.807, 2.05) is 0 Å². The summed E-state index contributed by atoms with van der Waals surface area (Å²) in [5.74, 6) is -1.94. The molecule has 0 radical (unpaired) electrons. The number of hydrogen-bond donors (Lipinski definition) is 2. The number of nitro groups is 1. The Morgan fingerprint density at radius 1 is 1.17 bits per heavy atom. The van der Waals surface area contributed by atoms with Crippen LogP contribution in [-0.2, 0) is 4.79 Å². The molecule has 8 heteroatoms. The number of carboxylic acids is 1. The highest BCUT2D eigenvalue weighted by Gasteiger charge is 2.15. The van der Waals surface area contributed by atoms with Gasteiger partial charge in [-0.2, -0.15) is 0 Å². The first-order valence-electron chi connectivity index (χ1n) is 6.64. The Hall–Kier alpha value is -3.00. The summed E-state index contributed by atoms with van der Waals surface area (Å²) >= 11 is 3.05. The first-order chi connectivity index (χ1) is 11.4. The van der Waals surface area contributed by atoms with Gasteiger partial charge in [-0.3, -0.25) is 14.9 Å². The van der Waals surface area contributed by atoms with E-state index < -0.39 is 16.8 Å². The average molecular weight is 391 g/mol. The number of nitrogens with zero attached hydrogens (tertiary/aromatic N) is 1. The van der Waals surface area contributed by atoms with Gasteiger partial charge in [0.2, 0.25) is 0 Å². The van der Waals surface area contributed by atoms with Crippen molar-refractivity contribution in [3.63, 3.8) is 0 Å². The van der Waals surface area contributed by atoms with Gasteiger partial charge >= 0.3 is 5.97 Å². The van der Waals surface area contributed by atoms with Crippen molar-refractivity contribution in [3.8, 4) is 0 Å². The van der Waals surface area contributed by atoms with Crippen molar-refractivity contribution < 1.29 is 19.6 Å². The molecule has 122 valence electrons. The zero-order valence-corrected chi connectivity index (χ0v) is 13.7. The maximum Gasteiger partial charge on any atom is 0.352 e. The quantitative estimate of drug-likeness (QED) is 0.462. The lowest BCUT2D eigenvalue weighted by atomic mass is 10.1. The molecule has 0 saturated heterocycles. The minimum absolute atomic E-state index is 0.206. The molecule has 2 aromatic carbocycles. The Bertz CT molecular complexity index is 834. The van der Waals surface area contributed by atoms with Gasteiger partial charge in [-0.25, -0.2) is 4.79 Å². The van der Waals surface area contributed by atoms with E-state index in [2.05, 4.69) is 21.2 Å². The summed E-state index contributed by atoms with van der Waals surface area (Å²) in [6.07, 6.45) is 1.16. The molecular weight excluding hydrogens is 380 g/mol. The Morgan fingerprint density at radius 2 is 1.83 bits per heavy atom. The molecule has 2 rings (SSSR count). The number of carbonyl (C=O) groups is 2. The van der Waals surface area contributed by atoms with Crippen LogP contribution in [-0.4, -0.2) is 21.9 Å². The normalized spacial score (nSPS) is 11.0. The van der Waals surface area contributed by atoms with Crippen molar-refractivity contribution in [2.45, 2.75) is 0 Å². The van der Waals surface area contributed by atoms with Crippen LogP contribution in [0.1, 0.15) is 15.9 Å². The molecule has 0 spiro atoms. The molecule has 0 aliphatic carbocycles. The third-order valence-corrected chi connectivity index (χ3v) is 3.66. The number of benzene rings is 2. The van der Waals surface area contributed by atoms with Gasteiger partial charge in [0.1, 0.15) is 5.70 Å². The Balaban J connectivity index is 2.32. The van der Waals surface area contributed by atoms with Gasteiger partial charge in [-0.1, -0.05) is 24.3 Å². The molecule has 0 aliphatic rings. The number of carbonyl (C=O) groups excluding carboxylic acids is 1. The summed E-state index contributed by atoms with van der Waals surface area (Å²) in [6.45, 7) is 0. The van der Waals surface area contributed by atoms with Crippen LogP contribution in [0.5, 0.6) is 0 Å². The van der Waals surface area contributed by atoms with E-state index in [0.29, 0.717) is 5.56 Å². The predicted molar refractivity (Wildman–Crippen MR) is 90.3 cm³/mol. The lowest BCUT2D eigenvalue weighted by Crippen LogP contribution is -2.27. The maximum absolute atomic E-state index is 12.0. The molecule has 7 nitrogen and oxygen atoms in total. The van der Waals surface area contributed by atoms with Gasteiger partial charge in [0.25, 0.3) is 11.6 Å². The summed E-state index contributed by atoms with van der Waals surface area (Å²) < 4.78 is 0.273. The van der Waals surface area contributed by atoms with Crippen LogP contribution in [0.25, 0.3) is 6.08 Å². The van der Waals surface area contributed by atoms with Gasteiger partial charge in [0.05, 0.1) is 9.40 Å². The van der Waals surface area contributed by atoms with Crippen LogP contribution < -0.4 is 5.32 Å². The lowest BCUT2D eigenvalue weighted by Gasteiger charge is -2.06. The fourth-order valence-corrected chi connectivity index (χ4v) is 2.25. The number of nitro benzene ring substituents is 1. The molecule has 0 saturated carbocycles. The van der Waals surface area contributed by atoms with E-state index in [9.17, 15) is 24.8 Å². The molecule has 0 fully saturated rings. The van der Waals surface area contributed by atoms with E-state index in [1.54, 1.807) is 30.3 Å². The van der Waals surface area contributed by atoms with Crippen molar-refractivity contribution in [2.24, 2.45) is 0 Å². The average Bonchev–Trinajstić information content (AvgIpc) is 2.56. The smallest absolute Gasteiger partial charge is 0.352 e. The largest absolute Gasteiger partial charge is 0.477 e. The predicted octanol–water partition coefficient (Wildman–Crippen LogP) is 3.21. The number of halogens is 1. The van der Waals surface area contributed by atoms with E-state index in [-0.39, 0.29) is 21.4 Å². The Kier molecular flexibility index (Phi) is 5.43. The van der Waals surface area contributed by atoms with Crippen molar-refractivity contribution in [2.75, 3.05) is 0 Å². The summed E-state index contributed by atoms with van der Waals surface area (Å²) in [7, 11) is 0. The van der Waals surface area contributed by atoms with Crippen LogP contribution in [0.4, 0.5) is 5.69 Å². The fourth-order valence-electron chi connectivity index (χ4n) is 1.86. The van der Waals surface area contributed by atoms with E-state index in [1.165, 1.54) is 18.2 Å². The van der Waals surface area contributed by atoms with E-state index >= 15 is 0 Å². The van der Waals surface area contributed by atoms with Gasteiger partial charge in [-0.05, 0) is 45.8 Å². The third-order valence-electron chi connectivity index (χ3n) is 2.99. The molecule has 0 aliphatic heterocycles. The van der Waals surface area contributed by atoms with Gasteiger partial charge < -0.3 is 10.4 Å². The summed E-state index contributed by atoms with van der Waals surface area (Å²) in [5, 5.41) is 22.4. The molecule has 0 bridgehead atoms. The molecular formula is C16H11BrN2O5. The molecule has 24 heavy (non-hydrogen) atoms. The zero-order chi connectivity index (χ0) is 17.7. The minimum Gasteiger partial charge on any atom is -0.477 e. The molecule has 2 N–H and O–H groups in total. The minimum atomic E-state index is -1.36. The molecule has 0 unspecified atom stereocenters. The number of aliphatic carboxylic acids is 1. The van der Waals surface area contributed by atoms with Crippen molar-refractivity contribution in [1.29, 1.82) is 0 Å². The summed E-state index contributed by atoms with van der Waals surface area (Å²) in [5.41, 5.74) is -0.0227. The third kappa shape index (κ3) is 4.26. The first-order valence-corrected chi connectivity index (χ1v) is 7.43. The Labute approximate surface area is 144 Å². The van der Waals surface area contributed by atoms with E-state index in [4.69, 9.17) is 0 Å². The topological polar surface area (TPSA) is 110 Å². The van der Waals surface area contributed by atoms with Crippen LogP contribution in [0.3, 0.4) is 0 Å². The number of carboxylic acid groups (broad SMARTS) is 1. The van der Waals surface area contributed by atoms with Crippen molar-refractivity contribution in [1.82, 2.24) is 5.32 Å². The van der Waals surface area contributed by atoms with Crippen molar-refractivity contribution in [3.05, 3.63) is 79.9 Å². The zero-order valence-electron chi connectivity index (χ0n) is 12.1. The molecule has 0 atom stereocenters. The van der Waals surface area contributed by atoms with Gasteiger partial charge in [0, 0.05) is 11.6 Å². The second-order valence-electron chi connectivity index (χ2n) is 4.65. The highest BCUT2D eigenvalue weighted by molar-refractivity contribution is 9.10. The monoisotopic (exact) mass is 390 g/mol. The standard InChI is InChI=1S/C16H11BrN2O5/c17-12-7-6-10(9-14(12)19(23)24)8-13(16(21)22)18-15(20)11-4-2-1-3-5-11/h1-9H,(H,18,20)(H,21,22)/b13-8+. The summed E-state index contributed by atoms with van der Waals surface area (Å²) in [6, 6.07) is 12.2. The fraction of sp³-hybridized carbons (Fsp3) is 0. The van der Waals surface area contributed by atoms with Gasteiger partial charge in [-0.15, -0.1) is 0 Å². The van der Waals surface area contributed by atoms with Gasteiger partial charge in [0.15, 0.2) is 0 Å². The molecule has 0 heterocycles. The van der Waals surface area contributed by atoms with Crippen LogP contribution in [0.15, 0.2) is 58.7 Å². The highest BCUT2D eigenvalue weighted by atomic mass is 79.9. The number of nitrogens with one attached hydrogen (secondary N) is 1. The second-order valence-corrected chi connectivity index (χ2v) is 5.51. The van der Waals surface area contributed by atoms with Crippen LogP contribution in [0, 0.1) is 10.1 Å². The first kappa shape index (κ1) is 17.4. The van der Waals surface area contributed by atoms with E-state index in [0.717, 1.165) is 6.08 Å². The highest BCUT2D eigenvalue weighted by Crippen LogP contribution is 2.26. The maximum atomic E-state index is 12.0. The van der Waals surface area contributed by atoms with Crippen molar-refractivity contribution >= 4 is 39.6 Å². The van der Waals surface area contributed by atoms with Crippen LogP contribution >= 0.6 is 15.9 Å². The van der Waals surface area contributed by atoms with Crippen LogP contribution in [0.2, 0.25) is 0 Å². The number of amides is 1. The second kappa shape index (κ2) is 7.51. The summed E-state index contributed by atoms with van der Waals surface area (Å²) in [4.78, 5) is 33.7. The SMILES string of the molecule is O=C(O)/C(=C\c1ccc(Br)c([N+](=O)[O-])c1)NC(=O)c1ccccc1. The molecule has 0 aromatic heterocycles. The molecule has 2 aromatic rings. The number of rotatable bonds is 5. The lowest BCUT2D eigenvalue weighted by molar-refractivity contribution is -0.385. The Morgan fingerprint density at radius 3 is 2.42 bits per heavy atom. The number of hydrogen-bond acceptors (Lipinski definition) is 4.